The number of aryl methyl sites for hydroxylation is 2. The van der Waals surface area contributed by atoms with E-state index in [1.165, 1.54) is 0 Å². The molecule has 1 unspecified atom stereocenters. The van der Waals surface area contributed by atoms with Crippen LogP contribution in [0.3, 0.4) is 0 Å². The normalized spacial score (nSPS) is 13.0. The standard InChI is InChI=1S/C13H27N5/c1-6-17(7-2)9-10(4)15-13-12(14)11(5)16-18(13)8-3/h10,15H,6-9,14H2,1-5H3. The van der Waals surface area contributed by atoms with Gasteiger partial charge in [0.1, 0.15) is 5.82 Å². The number of nitrogens with zero attached hydrogens (tertiary/aromatic N) is 3. The van der Waals surface area contributed by atoms with Crippen LogP contribution in [-0.2, 0) is 6.54 Å². The third kappa shape index (κ3) is 3.38. The van der Waals surface area contributed by atoms with E-state index in [0.29, 0.717) is 6.04 Å². The van der Waals surface area contributed by atoms with Crippen LogP contribution >= 0.6 is 0 Å². The van der Waals surface area contributed by atoms with Crippen molar-refractivity contribution in [3.05, 3.63) is 5.69 Å². The van der Waals surface area contributed by atoms with Gasteiger partial charge in [-0.25, -0.2) is 4.68 Å². The van der Waals surface area contributed by atoms with Crippen LogP contribution in [0.4, 0.5) is 11.5 Å². The molecule has 0 saturated carbocycles. The zero-order valence-corrected chi connectivity index (χ0v) is 12.3. The SMILES string of the molecule is CCN(CC)CC(C)Nc1c(N)c(C)nn1CC. The number of aromatic nitrogens is 2. The zero-order chi connectivity index (χ0) is 13.7. The Hall–Kier alpha value is -1.23. The Morgan fingerprint density at radius 2 is 1.94 bits per heavy atom. The molecule has 0 amide bonds. The van der Waals surface area contributed by atoms with E-state index in [9.17, 15) is 0 Å². The fourth-order valence-electron chi connectivity index (χ4n) is 2.12. The molecule has 0 radical (unpaired) electrons. The van der Waals surface area contributed by atoms with Crippen LogP contribution in [0, 0.1) is 6.92 Å². The maximum Gasteiger partial charge on any atom is 0.148 e. The van der Waals surface area contributed by atoms with Gasteiger partial charge in [0.2, 0.25) is 0 Å². The Morgan fingerprint density at radius 1 is 1.33 bits per heavy atom. The van der Waals surface area contributed by atoms with Crippen LogP contribution in [0.2, 0.25) is 0 Å². The third-order valence-electron chi connectivity index (χ3n) is 3.28. The van der Waals surface area contributed by atoms with E-state index in [-0.39, 0.29) is 0 Å². The summed E-state index contributed by atoms with van der Waals surface area (Å²) in [6.45, 7) is 14.6. The molecule has 0 bridgehead atoms. The molecule has 0 aromatic carbocycles. The topological polar surface area (TPSA) is 59.1 Å². The van der Waals surface area contributed by atoms with Gasteiger partial charge in [-0.15, -0.1) is 0 Å². The second-order valence-electron chi connectivity index (χ2n) is 4.69. The lowest BCUT2D eigenvalue weighted by molar-refractivity contribution is 0.294. The van der Waals surface area contributed by atoms with Crippen LogP contribution < -0.4 is 11.1 Å². The minimum absolute atomic E-state index is 0.355. The molecule has 5 nitrogen and oxygen atoms in total. The lowest BCUT2D eigenvalue weighted by atomic mass is 10.3. The number of hydrogen-bond acceptors (Lipinski definition) is 4. The Bertz CT molecular complexity index is 368. The maximum atomic E-state index is 6.06. The molecule has 0 fully saturated rings. The summed E-state index contributed by atoms with van der Waals surface area (Å²) in [5.41, 5.74) is 7.73. The first kappa shape index (κ1) is 14.8. The summed E-state index contributed by atoms with van der Waals surface area (Å²) in [7, 11) is 0. The maximum absolute atomic E-state index is 6.06. The van der Waals surface area contributed by atoms with Crippen molar-refractivity contribution < 1.29 is 0 Å². The number of hydrogen-bond donors (Lipinski definition) is 2. The molecule has 104 valence electrons. The molecular formula is C13H27N5. The summed E-state index contributed by atoms with van der Waals surface area (Å²) in [6.07, 6.45) is 0. The second-order valence-corrected chi connectivity index (χ2v) is 4.69. The number of likely N-dealkylation sites (N-methyl/N-ethyl adjacent to an activating group) is 1. The Labute approximate surface area is 110 Å². The van der Waals surface area contributed by atoms with Gasteiger partial charge in [-0.1, -0.05) is 13.8 Å². The summed E-state index contributed by atoms with van der Waals surface area (Å²) in [5, 5.41) is 7.90. The van der Waals surface area contributed by atoms with Crippen molar-refractivity contribution in [3.63, 3.8) is 0 Å². The first-order chi connectivity index (χ1) is 8.53. The largest absolute Gasteiger partial charge is 0.394 e. The van der Waals surface area contributed by atoms with E-state index >= 15 is 0 Å². The van der Waals surface area contributed by atoms with Crippen molar-refractivity contribution in [2.75, 3.05) is 30.7 Å². The minimum Gasteiger partial charge on any atom is -0.394 e. The van der Waals surface area contributed by atoms with E-state index in [1.54, 1.807) is 0 Å². The molecule has 0 aliphatic heterocycles. The van der Waals surface area contributed by atoms with Crippen LogP contribution in [0.15, 0.2) is 0 Å². The van der Waals surface area contributed by atoms with Gasteiger partial charge in [0.15, 0.2) is 0 Å². The van der Waals surface area contributed by atoms with Crippen molar-refractivity contribution in [2.24, 2.45) is 0 Å². The van der Waals surface area contributed by atoms with Gasteiger partial charge in [-0.3, -0.25) is 0 Å². The molecular weight excluding hydrogens is 226 g/mol. The van der Waals surface area contributed by atoms with Crippen LogP contribution in [0.25, 0.3) is 0 Å². The molecule has 1 atom stereocenters. The highest BCUT2D eigenvalue weighted by Crippen LogP contribution is 2.22. The van der Waals surface area contributed by atoms with Crippen LogP contribution in [-0.4, -0.2) is 40.4 Å². The number of nitrogen functional groups attached to an aromatic ring is 1. The molecule has 1 aromatic heterocycles. The molecule has 1 rings (SSSR count). The quantitative estimate of drug-likeness (QED) is 0.779. The summed E-state index contributed by atoms with van der Waals surface area (Å²) < 4.78 is 1.93. The van der Waals surface area contributed by atoms with E-state index in [4.69, 9.17) is 5.73 Å². The van der Waals surface area contributed by atoms with E-state index in [0.717, 1.165) is 43.4 Å². The van der Waals surface area contributed by atoms with Gasteiger partial charge < -0.3 is 16.0 Å². The molecule has 3 N–H and O–H groups in total. The molecule has 0 aliphatic carbocycles. The highest BCUT2D eigenvalue weighted by atomic mass is 15.3. The van der Waals surface area contributed by atoms with Crippen molar-refractivity contribution in [3.8, 4) is 0 Å². The van der Waals surface area contributed by atoms with E-state index < -0.39 is 0 Å². The fourth-order valence-corrected chi connectivity index (χ4v) is 2.12. The van der Waals surface area contributed by atoms with Crippen molar-refractivity contribution >= 4 is 11.5 Å². The highest BCUT2D eigenvalue weighted by Gasteiger charge is 2.14. The third-order valence-corrected chi connectivity index (χ3v) is 3.28. The fraction of sp³-hybridized carbons (Fsp3) is 0.769. The van der Waals surface area contributed by atoms with E-state index in [1.807, 2.05) is 11.6 Å². The molecule has 0 saturated heterocycles. The molecule has 0 spiro atoms. The monoisotopic (exact) mass is 253 g/mol. The average Bonchev–Trinajstić information content (AvgIpc) is 2.63. The second kappa shape index (κ2) is 6.64. The zero-order valence-electron chi connectivity index (χ0n) is 12.3. The molecule has 5 heteroatoms. The Morgan fingerprint density at radius 3 is 2.44 bits per heavy atom. The van der Waals surface area contributed by atoms with Crippen LogP contribution in [0.5, 0.6) is 0 Å². The van der Waals surface area contributed by atoms with Gasteiger partial charge in [0.25, 0.3) is 0 Å². The predicted molar refractivity (Wildman–Crippen MR) is 77.9 cm³/mol. The molecule has 0 aliphatic rings. The number of nitrogens with one attached hydrogen (secondary N) is 1. The van der Waals surface area contributed by atoms with Crippen LogP contribution in [0.1, 0.15) is 33.4 Å². The lowest BCUT2D eigenvalue weighted by Gasteiger charge is -2.24. The Balaban J connectivity index is 2.72. The average molecular weight is 253 g/mol. The lowest BCUT2D eigenvalue weighted by Crippen LogP contribution is -2.35. The highest BCUT2D eigenvalue weighted by molar-refractivity contribution is 5.65. The summed E-state index contributed by atoms with van der Waals surface area (Å²) in [5.74, 6) is 0.953. The van der Waals surface area contributed by atoms with Crippen molar-refractivity contribution in [2.45, 2.75) is 47.2 Å². The predicted octanol–water partition coefficient (Wildman–Crippen LogP) is 1.94. The van der Waals surface area contributed by atoms with Gasteiger partial charge in [-0.2, -0.15) is 5.10 Å². The summed E-state index contributed by atoms with van der Waals surface area (Å²) in [4.78, 5) is 2.40. The minimum atomic E-state index is 0.355. The molecule has 1 aromatic rings. The number of nitrogens with two attached hydrogens (primary N) is 1. The summed E-state index contributed by atoms with van der Waals surface area (Å²) in [6, 6.07) is 0.355. The van der Waals surface area contributed by atoms with Crippen molar-refractivity contribution in [1.29, 1.82) is 0 Å². The number of anilines is 2. The van der Waals surface area contributed by atoms with E-state index in [2.05, 4.69) is 43.0 Å². The smallest absolute Gasteiger partial charge is 0.148 e. The van der Waals surface area contributed by atoms with Gasteiger partial charge in [-0.05, 0) is 33.9 Å². The van der Waals surface area contributed by atoms with Crippen molar-refractivity contribution in [1.82, 2.24) is 14.7 Å². The Kier molecular flexibility index (Phi) is 5.47. The number of rotatable bonds is 7. The van der Waals surface area contributed by atoms with Gasteiger partial charge >= 0.3 is 0 Å². The first-order valence-corrected chi connectivity index (χ1v) is 6.85. The summed E-state index contributed by atoms with van der Waals surface area (Å²) >= 11 is 0. The van der Waals surface area contributed by atoms with Gasteiger partial charge in [0, 0.05) is 19.1 Å². The first-order valence-electron chi connectivity index (χ1n) is 6.85. The molecule has 1 heterocycles. The van der Waals surface area contributed by atoms with Gasteiger partial charge in [0.05, 0.1) is 11.4 Å². The molecule has 18 heavy (non-hydrogen) atoms.